The summed E-state index contributed by atoms with van der Waals surface area (Å²) in [7, 11) is 0. The Balaban J connectivity index is 0.912. The quantitative estimate of drug-likeness (QED) is 0.166. The van der Waals surface area contributed by atoms with E-state index in [2.05, 4.69) is 216 Å². The van der Waals surface area contributed by atoms with Crippen LogP contribution in [0.1, 0.15) is 41.9 Å². The number of benzene rings is 7. The highest BCUT2D eigenvalue weighted by Crippen LogP contribution is 2.39. The molecule has 2 aliphatic rings. The molecule has 2 aliphatic carbocycles. The lowest BCUT2D eigenvalue weighted by Gasteiger charge is -2.18. The second kappa shape index (κ2) is 14.7. The molecule has 0 radical (unpaired) electrons. The van der Waals surface area contributed by atoms with Crippen LogP contribution in [-0.4, -0.2) is 4.57 Å². The Labute approximate surface area is 329 Å². The molecule has 8 aromatic rings. The molecular weight excluding hydrogens is 677 g/mol. The Bertz CT molecular complexity index is 2860. The lowest BCUT2D eigenvalue weighted by Crippen LogP contribution is -1.99. The maximum atomic E-state index is 3.74. The minimum atomic E-state index is 0.315. The van der Waals surface area contributed by atoms with E-state index in [9.17, 15) is 0 Å². The summed E-state index contributed by atoms with van der Waals surface area (Å²) in [5, 5.41) is 6.31. The highest BCUT2D eigenvalue weighted by atomic mass is 15.0. The standard InChI is InChI=1S/C54H42N2/c1-3-14-38(15-4-1)43-19-12-22-47(35-43)55-52-26-9-7-24-49(52)46-21-11-18-42(34-46)40-28-30-41(31-29-40)45-32-33-54-51(37-45)50-25-8-10-27-53(50)56(54)48-23-13-20-44(36-48)39-16-5-2-6-17-39/h2-3,5-30,32-37,41,55H,1,4,31H2. The predicted molar refractivity (Wildman–Crippen MR) is 239 cm³/mol. The van der Waals surface area contributed by atoms with Gasteiger partial charge in [0, 0.05) is 39.3 Å². The third-order valence-corrected chi connectivity index (χ3v) is 11.3. The van der Waals surface area contributed by atoms with Gasteiger partial charge in [-0.05, 0) is 118 Å². The number of anilines is 2. The summed E-state index contributed by atoms with van der Waals surface area (Å²) in [6.07, 6.45) is 17.1. The predicted octanol–water partition coefficient (Wildman–Crippen LogP) is 14.7. The number of hydrogen-bond acceptors (Lipinski definition) is 1. The van der Waals surface area contributed by atoms with Gasteiger partial charge in [0.1, 0.15) is 0 Å². The van der Waals surface area contributed by atoms with Crippen LogP contribution in [0.4, 0.5) is 11.4 Å². The number of hydrogen-bond donors (Lipinski definition) is 1. The van der Waals surface area contributed by atoms with Gasteiger partial charge in [-0.3, -0.25) is 0 Å². The number of nitrogens with one attached hydrogen (secondary N) is 1. The van der Waals surface area contributed by atoms with Crippen LogP contribution in [0.15, 0.2) is 206 Å². The van der Waals surface area contributed by atoms with E-state index < -0.39 is 0 Å². The molecule has 7 aromatic carbocycles. The Kier molecular flexibility index (Phi) is 8.85. The average Bonchev–Trinajstić information content (AvgIpc) is 3.61. The van der Waals surface area contributed by atoms with Gasteiger partial charge in [-0.15, -0.1) is 0 Å². The van der Waals surface area contributed by atoms with E-state index in [1.54, 1.807) is 0 Å². The molecule has 2 nitrogen and oxygen atoms in total. The smallest absolute Gasteiger partial charge is 0.0541 e. The van der Waals surface area contributed by atoms with Gasteiger partial charge in [-0.1, -0.05) is 152 Å². The van der Waals surface area contributed by atoms with Crippen molar-refractivity contribution in [2.75, 3.05) is 5.32 Å². The van der Waals surface area contributed by atoms with E-state index >= 15 is 0 Å². The number of nitrogens with zero attached hydrogens (tertiary/aromatic N) is 1. The lowest BCUT2D eigenvalue weighted by molar-refractivity contribution is 0.858. The molecule has 0 fully saturated rings. The van der Waals surface area contributed by atoms with E-state index in [0.29, 0.717) is 5.92 Å². The average molecular weight is 719 g/mol. The van der Waals surface area contributed by atoms with E-state index in [-0.39, 0.29) is 0 Å². The molecule has 0 amide bonds. The van der Waals surface area contributed by atoms with E-state index in [1.807, 2.05) is 0 Å². The van der Waals surface area contributed by atoms with Crippen LogP contribution < -0.4 is 5.32 Å². The van der Waals surface area contributed by atoms with Crippen molar-refractivity contribution in [2.24, 2.45) is 0 Å². The molecule has 268 valence electrons. The molecule has 1 aromatic heterocycles. The fourth-order valence-electron chi connectivity index (χ4n) is 8.51. The van der Waals surface area contributed by atoms with Crippen molar-refractivity contribution >= 4 is 44.3 Å². The molecule has 1 atom stereocenters. The molecule has 0 bridgehead atoms. The van der Waals surface area contributed by atoms with Gasteiger partial charge in [-0.25, -0.2) is 0 Å². The van der Waals surface area contributed by atoms with Crippen LogP contribution in [0, 0.1) is 0 Å². The zero-order chi connectivity index (χ0) is 37.3. The third-order valence-electron chi connectivity index (χ3n) is 11.3. The summed E-state index contributed by atoms with van der Waals surface area (Å²) >= 11 is 0. The Hall–Kier alpha value is -6.90. The highest BCUT2D eigenvalue weighted by molar-refractivity contribution is 6.09. The minimum absolute atomic E-state index is 0.315. The van der Waals surface area contributed by atoms with Crippen molar-refractivity contribution in [1.29, 1.82) is 0 Å². The van der Waals surface area contributed by atoms with Gasteiger partial charge < -0.3 is 9.88 Å². The Morgan fingerprint density at radius 1 is 0.482 bits per heavy atom. The summed E-state index contributed by atoms with van der Waals surface area (Å²) in [4.78, 5) is 0. The molecule has 0 spiro atoms. The molecule has 0 aliphatic heterocycles. The zero-order valence-corrected chi connectivity index (χ0v) is 31.3. The molecule has 56 heavy (non-hydrogen) atoms. The summed E-state index contributed by atoms with van der Waals surface area (Å²) in [6, 6.07) is 61.8. The van der Waals surface area contributed by atoms with Crippen molar-refractivity contribution in [3.8, 4) is 27.9 Å². The van der Waals surface area contributed by atoms with Crippen LogP contribution in [0.5, 0.6) is 0 Å². The SMILES string of the molecule is C1=CC(c2cccc(Nc3ccccc3-c3cccc(C4=CCC(c5ccc6c(c5)c5ccccc5n6-c5cccc(-c6ccccc6)c5)C=C4)c3)c2)=CCC1. The van der Waals surface area contributed by atoms with Crippen LogP contribution in [0.3, 0.4) is 0 Å². The Morgan fingerprint density at radius 3 is 2.09 bits per heavy atom. The van der Waals surface area contributed by atoms with Crippen molar-refractivity contribution in [2.45, 2.75) is 25.2 Å². The summed E-state index contributed by atoms with van der Waals surface area (Å²) in [5.74, 6) is 0.315. The summed E-state index contributed by atoms with van der Waals surface area (Å²) in [5.41, 5.74) is 17.1. The molecule has 2 heteroatoms. The molecule has 1 unspecified atom stereocenters. The number of rotatable bonds is 8. The molecule has 0 saturated carbocycles. The third kappa shape index (κ3) is 6.50. The number of aromatic nitrogens is 1. The molecule has 1 N–H and O–H groups in total. The maximum Gasteiger partial charge on any atom is 0.0541 e. The lowest BCUT2D eigenvalue weighted by atomic mass is 9.87. The van der Waals surface area contributed by atoms with Crippen molar-refractivity contribution in [3.63, 3.8) is 0 Å². The first-order valence-electron chi connectivity index (χ1n) is 19.8. The van der Waals surface area contributed by atoms with Gasteiger partial charge in [0.05, 0.1) is 11.0 Å². The number of fused-ring (bicyclic) bond motifs is 3. The molecular formula is C54H42N2. The van der Waals surface area contributed by atoms with Gasteiger partial charge in [0.15, 0.2) is 0 Å². The normalized spacial score (nSPS) is 15.2. The minimum Gasteiger partial charge on any atom is -0.355 e. The topological polar surface area (TPSA) is 17.0 Å². The fraction of sp³-hybridized carbons (Fsp3) is 0.0741. The monoisotopic (exact) mass is 718 g/mol. The van der Waals surface area contributed by atoms with E-state index in [1.165, 1.54) is 77.6 Å². The fourth-order valence-corrected chi connectivity index (χ4v) is 8.51. The first-order valence-corrected chi connectivity index (χ1v) is 19.8. The van der Waals surface area contributed by atoms with Crippen molar-refractivity contribution < 1.29 is 0 Å². The molecule has 0 saturated heterocycles. The van der Waals surface area contributed by atoms with E-state index in [0.717, 1.165) is 30.6 Å². The van der Waals surface area contributed by atoms with Crippen molar-refractivity contribution in [1.82, 2.24) is 4.57 Å². The maximum absolute atomic E-state index is 3.74. The van der Waals surface area contributed by atoms with Crippen LogP contribution >= 0.6 is 0 Å². The first kappa shape index (κ1) is 33.7. The second-order valence-corrected chi connectivity index (χ2v) is 14.9. The summed E-state index contributed by atoms with van der Waals surface area (Å²) in [6.45, 7) is 0. The first-order chi connectivity index (χ1) is 27.7. The zero-order valence-electron chi connectivity index (χ0n) is 31.3. The van der Waals surface area contributed by atoms with Gasteiger partial charge in [0.25, 0.3) is 0 Å². The highest BCUT2D eigenvalue weighted by Gasteiger charge is 2.18. The van der Waals surface area contributed by atoms with Crippen LogP contribution in [0.2, 0.25) is 0 Å². The number of para-hydroxylation sites is 2. The second-order valence-electron chi connectivity index (χ2n) is 14.9. The van der Waals surface area contributed by atoms with Crippen LogP contribution in [-0.2, 0) is 0 Å². The molecule has 1 heterocycles. The summed E-state index contributed by atoms with van der Waals surface area (Å²) < 4.78 is 2.42. The van der Waals surface area contributed by atoms with Crippen molar-refractivity contribution in [3.05, 3.63) is 223 Å². The number of allylic oxidation sites excluding steroid dienone is 8. The van der Waals surface area contributed by atoms with Gasteiger partial charge in [-0.2, -0.15) is 0 Å². The van der Waals surface area contributed by atoms with Gasteiger partial charge in [0.2, 0.25) is 0 Å². The Morgan fingerprint density at radius 2 is 1.21 bits per heavy atom. The largest absolute Gasteiger partial charge is 0.355 e. The van der Waals surface area contributed by atoms with E-state index in [4.69, 9.17) is 0 Å². The van der Waals surface area contributed by atoms with Crippen LogP contribution in [0.25, 0.3) is 60.9 Å². The molecule has 10 rings (SSSR count). The van der Waals surface area contributed by atoms with Gasteiger partial charge >= 0.3 is 0 Å².